The normalized spacial score (nSPS) is 18.6. The van der Waals surface area contributed by atoms with E-state index in [1.807, 2.05) is 24.4 Å². The predicted molar refractivity (Wildman–Crippen MR) is 153 cm³/mol. The third-order valence-electron chi connectivity index (χ3n) is 7.98. The number of piperazine rings is 1. The highest BCUT2D eigenvalue weighted by atomic mass is 35.5. The lowest BCUT2D eigenvalue weighted by Gasteiger charge is -2.39. The van der Waals surface area contributed by atoms with Crippen molar-refractivity contribution >= 4 is 28.9 Å². The number of carbonyl (C=O) groups excluding carboxylic acids is 1. The van der Waals surface area contributed by atoms with Crippen LogP contribution in [0.25, 0.3) is 5.69 Å². The van der Waals surface area contributed by atoms with Crippen molar-refractivity contribution < 1.29 is 18.3 Å². The van der Waals surface area contributed by atoms with Gasteiger partial charge in [0, 0.05) is 38.3 Å². The number of nitrogens with zero attached hydrogens (tertiary/aromatic N) is 9. The smallest absolute Gasteiger partial charge is 0.389 e. The number of hydrogen-bond acceptors (Lipinski definition) is 10. The molecule has 1 N–H and O–H groups in total. The van der Waals surface area contributed by atoms with Gasteiger partial charge in [-0.05, 0) is 52.1 Å². The Kier molecular flexibility index (Phi) is 9.43. The molecule has 0 bridgehead atoms. The monoisotopic (exact) mass is 604 g/mol. The minimum absolute atomic E-state index is 0.299. The van der Waals surface area contributed by atoms with Gasteiger partial charge in [0.05, 0.1) is 29.0 Å². The van der Waals surface area contributed by atoms with Crippen molar-refractivity contribution in [2.45, 2.75) is 64.3 Å². The average Bonchev–Trinajstić information content (AvgIpc) is 3.43. The van der Waals surface area contributed by atoms with Crippen LogP contribution >= 0.6 is 11.6 Å². The Labute approximate surface area is 248 Å². The number of halogens is 3. The van der Waals surface area contributed by atoms with Crippen LogP contribution in [0.1, 0.15) is 55.2 Å². The molecule has 1 saturated carbocycles. The Hall–Kier alpha value is -3.49. The maximum atomic E-state index is 13.2. The topological polar surface area (TPSA) is 117 Å². The van der Waals surface area contributed by atoms with E-state index in [1.54, 1.807) is 4.68 Å². The molecule has 1 aliphatic heterocycles. The molecule has 15 heteroatoms. The zero-order chi connectivity index (χ0) is 29.8. The summed E-state index contributed by atoms with van der Waals surface area (Å²) in [7, 11) is 4.21. The minimum atomic E-state index is -3.15. The van der Waals surface area contributed by atoms with E-state index in [0.29, 0.717) is 30.0 Å². The third-order valence-corrected chi connectivity index (χ3v) is 8.24. The maximum Gasteiger partial charge on any atom is 0.389 e. The molecule has 226 valence electrons. The molecule has 42 heavy (non-hydrogen) atoms. The van der Waals surface area contributed by atoms with Crippen LogP contribution in [-0.2, 0) is 6.54 Å². The van der Waals surface area contributed by atoms with Crippen molar-refractivity contribution in [2.24, 2.45) is 0 Å². The number of nitrogens with one attached hydrogen (secondary N) is 1. The van der Waals surface area contributed by atoms with Crippen LogP contribution in [0.4, 0.5) is 20.2 Å². The first kappa shape index (κ1) is 30.0. The minimum Gasteiger partial charge on any atom is -0.400 e. The summed E-state index contributed by atoms with van der Waals surface area (Å²) in [4.78, 5) is 23.7. The summed E-state index contributed by atoms with van der Waals surface area (Å²) in [5, 5.41) is 18.3. The molecule has 2 fully saturated rings. The van der Waals surface area contributed by atoms with Crippen LogP contribution in [-0.4, -0.2) is 98.3 Å². The quantitative estimate of drug-likeness (QED) is 0.386. The van der Waals surface area contributed by atoms with Crippen LogP contribution < -0.4 is 15.0 Å². The number of aromatic nitrogens is 6. The standard InChI is InChI=1S/C27H35ClF2N10O2/c1-17-14-39(12-11-37(17)2)22-10-9-20(40-16-18(33-36-40)15-38(3)19-7-5-4-6-8-19)13-21(22)31-25(41)23-24(28)32-27(35-34-23)42-26(29)30/h9-10,13,16-17,19,26H,4-8,11-12,14-15H2,1-3H3,(H,31,41)/t17-/m0/s1. The highest BCUT2D eigenvalue weighted by molar-refractivity contribution is 6.33. The van der Waals surface area contributed by atoms with Gasteiger partial charge in [-0.2, -0.15) is 13.8 Å². The Bertz CT molecular complexity index is 1390. The number of alkyl halides is 2. The van der Waals surface area contributed by atoms with E-state index < -0.39 is 23.7 Å². The van der Waals surface area contributed by atoms with E-state index >= 15 is 0 Å². The lowest BCUT2D eigenvalue weighted by Crippen LogP contribution is -2.50. The molecule has 1 saturated heterocycles. The van der Waals surface area contributed by atoms with E-state index in [4.69, 9.17) is 11.6 Å². The Morgan fingerprint density at radius 2 is 1.98 bits per heavy atom. The molecule has 12 nitrogen and oxygen atoms in total. The number of ether oxygens (including phenoxy) is 1. The summed E-state index contributed by atoms with van der Waals surface area (Å²) in [5.41, 5.74) is 2.53. The molecule has 0 unspecified atom stereocenters. The Balaban J connectivity index is 1.40. The average molecular weight is 605 g/mol. The van der Waals surface area contributed by atoms with Crippen LogP contribution in [0.5, 0.6) is 6.01 Å². The largest absolute Gasteiger partial charge is 0.400 e. The van der Waals surface area contributed by atoms with Crippen molar-refractivity contribution in [2.75, 3.05) is 43.9 Å². The van der Waals surface area contributed by atoms with Gasteiger partial charge < -0.3 is 19.9 Å². The number of anilines is 2. The van der Waals surface area contributed by atoms with E-state index in [1.165, 1.54) is 32.1 Å². The first-order valence-electron chi connectivity index (χ1n) is 14.1. The number of amides is 1. The van der Waals surface area contributed by atoms with Crippen molar-refractivity contribution in [3.8, 4) is 11.7 Å². The first-order chi connectivity index (χ1) is 20.2. The van der Waals surface area contributed by atoms with Gasteiger partial charge in [0.25, 0.3) is 5.91 Å². The summed E-state index contributed by atoms with van der Waals surface area (Å²) in [6.45, 7) is 2.05. The van der Waals surface area contributed by atoms with Crippen LogP contribution in [0.15, 0.2) is 24.4 Å². The fraction of sp³-hybridized carbons (Fsp3) is 0.556. The number of hydrogen-bond donors (Lipinski definition) is 1. The molecule has 1 aromatic carbocycles. The van der Waals surface area contributed by atoms with Crippen molar-refractivity contribution in [3.63, 3.8) is 0 Å². The fourth-order valence-electron chi connectivity index (χ4n) is 5.46. The summed E-state index contributed by atoms with van der Waals surface area (Å²) >= 11 is 6.08. The van der Waals surface area contributed by atoms with Gasteiger partial charge in [-0.3, -0.25) is 9.69 Å². The lowest BCUT2D eigenvalue weighted by molar-refractivity contribution is -0.0567. The maximum absolute atomic E-state index is 13.2. The fourth-order valence-corrected chi connectivity index (χ4v) is 5.65. The predicted octanol–water partition coefficient (Wildman–Crippen LogP) is 3.86. The van der Waals surface area contributed by atoms with Gasteiger partial charge in [-0.15, -0.1) is 10.2 Å². The molecular weight excluding hydrogens is 570 g/mol. The second kappa shape index (κ2) is 13.2. The van der Waals surface area contributed by atoms with Crippen molar-refractivity contribution in [1.82, 2.24) is 40.0 Å². The molecular formula is C27H35ClF2N10O2. The number of carbonyl (C=O) groups is 1. The molecule has 2 aliphatic rings. The molecule has 1 aliphatic carbocycles. The van der Waals surface area contributed by atoms with Gasteiger partial charge in [-0.25, -0.2) is 4.68 Å². The van der Waals surface area contributed by atoms with Crippen molar-refractivity contribution in [3.05, 3.63) is 40.9 Å². The van der Waals surface area contributed by atoms with Crippen LogP contribution in [0.2, 0.25) is 5.15 Å². The molecule has 3 aromatic rings. The molecule has 1 atom stereocenters. The SMILES string of the molecule is C[C@H]1CN(c2ccc(-n3cc(CN(C)C4CCCCC4)nn3)cc2NC(=O)c2nnc(OC(F)F)nc2Cl)CCN1C. The summed E-state index contributed by atoms with van der Waals surface area (Å²) < 4.78 is 30.9. The molecule has 3 heterocycles. The van der Waals surface area contributed by atoms with E-state index in [9.17, 15) is 13.6 Å². The zero-order valence-electron chi connectivity index (χ0n) is 23.9. The van der Waals surface area contributed by atoms with Gasteiger partial charge >= 0.3 is 12.6 Å². The number of likely N-dealkylation sites (N-methyl/N-ethyl adjacent to an activating group) is 1. The van der Waals surface area contributed by atoms with E-state index in [0.717, 1.165) is 31.0 Å². The zero-order valence-corrected chi connectivity index (χ0v) is 24.6. The first-order valence-corrected chi connectivity index (χ1v) is 14.4. The van der Waals surface area contributed by atoms with Crippen molar-refractivity contribution in [1.29, 1.82) is 0 Å². The Morgan fingerprint density at radius 1 is 1.19 bits per heavy atom. The summed E-state index contributed by atoms with van der Waals surface area (Å²) in [6, 6.07) is 5.80. The number of rotatable bonds is 9. The Morgan fingerprint density at radius 3 is 2.69 bits per heavy atom. The third kappa shape index (κ3) is 7.10. The molecule has 0 radical (unpaired) electrons. The highest BCUT2D eigenvalue weighted by Crippen LogP contribution is 2.31. The summed E-state index contributed by atoms with van der Waals surface area (Å²) in [6.07, 6.45) is 8.12. The van der Waals surface area contributed by atoms with E-state index in [-0.39, 0.29) is 5.69 Å². The second-order valence-electron chi connectivity index (χ2n) is 10.9. The van der Waals surface area contributed by atoms with Gasteiger partial charge in [0.15, 0.2) is 10.8 Å². The highest BCUT2D eigenvalue weighted by Gasteiger charge is 2.25. The number of benzene rings is 1. The van der Waals surface area contributed by atoms with Crippen LogP contribution in [0.3, 0.4) is 0 Å². The second-order valence-corrected chi connectivity index (χ2v) is 11.3. The molecule has 1 amide bonds. The van der Waals surface area contributed by atoms with Crippen LogP contribution in [0, 0.1) is 0 Å². The molecule has 0 spiro atoms. The molecule has 5 rings (SSSR count). The summed E-state index contributed by atoms with van der Waals surface area (Å²) in [5.74, 6) is -0.697. The van der Waals surface area contributed by atoms with Gasteiger partial charge in [0.2, 0.25) is 0 Å². The molecule has 2 aromatic heterocycles. The van der Waals surface area contributed by atoms with Gasteiger partial charge in [0.1, 0.15) is 0 Å². The van der Waals surface area contributed by atoms with E-state index in [2.05, 4.69) is 71.3 Å². The van der Waals surface area contributed by atoms with Gasteiger partial charge in [-0.1, -0.05) is 41.2 Å². The lowest BCUT2D eigenvalue weighted by atomic mass is 9.94.